The van der Waals surface area contributed by atoms with Crippen LogP contribution in [0.1, 0.15) is 10.4 Å². The minimum absolute atomic E-state index is 0.0511. The van der Waals surface area contributed by atoms with Crippen LogP contribution in [0, 0.1) is 0 Å². The molecule has 0 fully saturated rings. The lowest BCUT2D eigenvalue weighted by molar-refractivity contribution is 0.102. The molecule has 0 saturated carbocycles. The zero-order chi connectivity index (χ0) is 21.7. The van der Waals surface area contributed by atoms with Crippen molar-refractivity contribution in [2.24, 2.45) is 0 Å². The summed E-state index contributed by atoms with van der Waals surface area (Å²) in [5.74, 6) is 1.23. The molecule has 0 radical (unpaired) electrons. The second kappa shape index (κ2) is 8.98. The highest BCUT2D eigenvalue weighted by Crippen LogP contribution is 2.29. The van der Waals surface area contributed by atoms with Crippen molar-refractivity contribution in [3.63, 3.8) is 0 Å². The van der Waals surface area contributed by atoms with E-state index in [0.29, 0.717) is 22.8 Å². The number of amides is 1. The summed E-state index contributed by atoms with van der Waals surface area (Å²) in [6.07, 6.45) is 0. The molecular weight excluding hydrogens is 404 g/mol. The molecule has 0 aromatic heterocycles. The summed E-state index contributed by atoms with van der Waals surface area (Å²) in [4.78, 5) is 12.7. The third-order valence-electron chi connectivity index (χ3n) is 4.29. The molecule has 156 valence electrons. The first-order valence-electron chi connectivity index (χ1n) is 9.06. The predicted molar refractivity (Wildman–Crippen MR) is 115 cm³/mol. The smallest absolute Gasteiger partial charge is 0.255 e. The monoisotopic (exact) mass is 426 g/mol. The van der Waals surface area contributed by atoms with E-state index < -0.39 is 15.9 Å². The van der Waals surface area contributed by atoms with E-state index in [2.05, 4.69) is 5.32 Å². The van der Waals surface area contributed by atoms with Crippen LogP contribution in [0.5, 0.6) is 17.2 Å². The van der Waals surface area contributed by atoms with Crippen LogP contribution in [-0.2, 0) is 10.0 Å². The number of rotatable bonds is 7. The second-order valence-electron chi connectivity index (χ2n) is 6.54. The number of para-hydroxylation sites is 1. The topological polar surface area (TPSA) is 84.9 Å². The quantitative estimate of drug-likeness (QED) is 0.618. The number of anilines is 1. The van der Waals surface area contributed by atoms with E-state index in [1.165, 1.54) is 39.4 Å². The first-order chi connectivity index (χ1) is 14.3. The van der Waals surface area contributed by atoms with Crippen molar-refractivity contribution in [3.8, 4) is 17.2 Å². The summed E-state index contributed by atoms with van der Waals surface area (Å²) < 4.78 is 36.8. The van der Waals surface area contributed by atoms with Crippen molar-refractivity contribution < 1.29 is 22.7 Å². The molecule has 0 aliphatic rings. The highest BCUT2D eigenvalue weighted by atomic mass is 32.2. The Kier molecular flexibility index (Phi) is 6.39. The zero-order valence-corrected chi connectivity index (χ0v) is 17.6. The van der Waals surface area contributed by atoms with Gasteiger partial charge in [0.05, 0.1) is 17.7 Å². The van der Waals surface area contributed by atoms with Crippen molar-refractivity contribution >= 4 is 21.6 Å². The van der Waals surface area contributed by atoms with E-state index >= 15 is 0 Å². The fraction of sp³-hybridized carbons (Fsp3) is 0.136. The molecule has 0 heterocycles. The van der Waals surface area contributed by atoms with Gasteiger partial charge in [-0.25, -0.2) is 12.7 Å². The van der Waals surface area contributed by atoms with E-state index in [1.807, 2.05) is 30.3 Å². The van der Waals surface area contributed by atoms with Crippen molar-refractivity contribution in [3.05, 3.63) is 78.4 Å². The van der Waals surface area contributed by atoms with Gasteiger partial charge in [0.1, 0.15) is 17.2 Å². The maximum atomic E-state index is 12.7. The fourth-order valence-electron chi connectivity index (χ4n) is 2.65. The molecule has 0 aliphatic heterocycles. The lowest BCUT2D eigenvalue weighted by atomic mass is 10.2. The lowest BCUT2D eigenvalue weighted by Crippen LogP contribution is -2.22. The molecule has 0 unspecified atom stereocenters. The molecule has 0 atom stereocenters. The molecule has 3 aromatic carbocycles. The number of carbonyl (C=O) groups excluding carboxylic acids is 1. The molecule has 0 spiro atoms. The van der Waals surface area contributed by atoms with Crippen LogP contribution in [0.3, 0.4) is 0 Å². The minimum Gasteiger partial charge on any atom is -0.495 e. The van der Waals surface area contributed by atoms with Crippen LogP contribution in [0.25, 0.3) is 0 Å². The SMILES string of the molecule is COc1ccc(S(=O)(=O)N(C)C)cc1NC(=O)c1ccc(Oc2ccccc2)cc1. The standard InChI is InChI=1S/C22H22N2O5S/c1-24(2)30(26,27)19-13-14-21(28-3)20(15-19)23-22(25)16-9-11-18(12-10-16)29-17-7-5-4-6-8-17/h4-15H,1-3H3,(H,23,25). The fourth-order valence-corrected chi connectivity index (χ4v) is 3.58. The highest BCUT2D eigenvalue weighted by molar-refractivity contribution is 7.89. The predicted octanol–water partition coefficient (Wildman–Crippen LogP) is 3.99. The van der Waals surface area contributed by atoms with Gasteiger partial charge in [0.25, 0.3) is 5.91 Å². The number of hydrogen-bond acceptors (Lipinski definition) is 5. The number of methoxy groups -OCH3 is 1. The number of ether oxygens (including phenoxy) is 2. The van der Waals surface area contributed by atoms with Crippen LogP contribution in [0.4, 0.5) is 5.69 Å². The number of nitrogens with zero attached hydrogens (tertiary/aromatic N) is 1. The summed E-state index contributed by atoms with van der Waals surface area (Å²) in [5.41, 5.74) is 0.647. The molecule has 3 rings (SSSR count). The van der Waals surface area contributed by atoms with Crippen LogP contribution in [0.2, 0.25) is 0 Å². The third kappa shape index (κ3) is 4.79. The van der Waals surface area contributed by atoms with Crippen molar-refractivity contribution in [1.82, 2.24) is 4.31 Å². The van der Waals surface area contributed by atoms with Gasteiger partial charge in [-0.2, -0.15) is 0 Å². The van der Waals surface area contributed by atoms with Crippen LogP contribution >= 0.6 is 0 Å². The van der Waals surface area contributed by atoms with Gasteiger partial charge in [-0.1, -0.05) is 18.2 Å². The van der Waals surface area contributed by atoms with E-state index in [0.717, 1.165) is 4.31 Å². The van der Waals surface area contributed by atoms with Gasteiger partial charge >= 0.3 is 0 Å². The third-order valence-corrected chi connectivity index (χ3v) is 6.10. The zero-order valence-electron chi connectivity index (χ0n) is 16.8. The van der Waals surface area contributed by atoms with Gasteiger partial charge < -0.3 is 14.8 Å². The van der Waals surface area contributed by atoms with Gasteiger partial charge in [0.15, 0.2) is 0 Å². The largest absolute Gasteiger partial charge is 0.495 e. The summed E-state index contributed by atoms with van der Waals surface area (Å²) in [7, 11) is 0.678. The molecule has 3 aromatic rings. The van der Waals surface area contributed by atoms with E-state index in [4.69, 9.17) is 9.47 Å². The number of nitrogens with one attached hydrogen (secondary N) is 1. The van der Waals surface area contributed by atoms with E-state index in [-0.39, 0.29) is 10.6 Å². The molecule has 1 N–H and O–H groups in total. The maximum absolute atomic E-state index is 12.7. The Hall–Kier alpha value is -3.36. The molecule has 7 nitrogen and oxygen atoms in total. The molecular formula is C22H22N2O5S. The Morgan fingerprint density at radius 3 is 2.13 bits per heavy atom. The van der Waals surface area contributed by atoms with Crippen LogP contribution in [0.15, 0.2) is 77.7 Å². The Morgan fingerprint density at radius 2 is 1.53 bits per heavy atom. The maximum Gasteiger partial charge on any atom is 0.255 e. The second-order valence-corrected chi connectivity index (χ2v) is 8.69. The minimum atomic E-state index is -3.65. The van der Waals surface area contributed by atoms with E-state index in [1.54, 1.807) is 24.3 Å². The number of sulfonamides is 1. The van der Waals surface area contributed by atoms with Gasteiger partial charge in [0, 0.05) is 19.7 Å². The van der Waals surface area contributed by atoms with Crippen molar-refractivity contribution in [2.45, 2.75) is 4.90 Å². The van der Waals surface area contributed by atoms with Gasteiger partial charge in [-0.15, -0.1) is 0 Å². The first-order valence-corrected chi connectivity index (χ1v) is 10.5. The van der Waals surface area contributed by atoms with Crippen LogP contribution < -0.4 is 14.8 Å². The molecule has 8 heteroatoms. The van der Waals surface area contributed by atoms with Crippen molar-refractivity contribution in [2.75, 3.05) is 26.5 Å². The van der Waals surface area contributed by atoms with E-state index in [9.17, 15) is 13.2 Å². The average molecular weight is 426 g/mol. The number of benzene rings is 3. The number of hydrogen-bond donors (Lipinski definition) is 1. The van der Waals surface area contributed by atoms with Crippen molar-refractivity contribution in [1.29, 1.82) is 0 Å². The van der Waals surface area contributed by atoms with Gasteiger partial charge in [-0.05, 0) is 54.6 Å². The molecule has 0 bridgehead atoms. The number of carbonyl (C=O) groups is 1. The molecule has 0 saturated heterocycles. The molecule has 1 amide bonds. The Labute approximate surface area is 175 Å². The summed E-state index contributed by atoms with van der Waals surface area (Å²) in [6, 6.07) is 20.2. The first kappa shape index (κ1) is 21.4. The Balaban J connectivity index is 1.80. The summed E-state index contributed by atoms with van der Waals surface area (Å²) >= 11 is 0. The lowest BCUT2D eigenvalue weighted by Gasteiger charge is -2.15. The Morgan fingerprint density at radius 1 is 0.900 bits per heavy atom. The molecule has 0 aliphatic carbocycles. The molecule has 30 heavy (non-hydrogen) atoms. The highest BCUT2D eigenvalue weighted by Gasteiger charge is 2.20. The van der Waals surface area contributed by atoms with Gasteiger partial charge in [0.2, 0.25) is 10.0 Å². The summed E-state index contributed by atoms with van der Waals surface area (Å²) in [5, 5.41) is 2.71. The average Bonchev–Trinajstić information content (AvgIpc) is 2.74. The van der Waals surface area contributed by atoms with Gasteiger partial charge in [-0.3, -0.25) is 4.79 Å². The Bertz CT molecular complexity index is 1130. The summed E-state index contributed by atoms with van der Waals surface area (Å²) in [6.45, 7) is 0. The normalized spacial score (nSPS) is 11.2. The van der Waals surface area contributed by atoms with Crippen LogP contribution in [-0.4, -0.2) is 39.8 Å².